The summed E-state index contributed by atoms with van der Waals surface area (Å²) in [5, 5.41) is 0. The smallest absolute Gasteiger partial charge is 0.225 e. The van der Waals surface area contributed by atoms with Gasteiger partial charge in [-0.15, -0.1) is 0 Å². The topological polar surface area (TPSA) is 49.9 Å². The molecule has 142 valence electrons. The number of hydrogen-bond donors (Lipinski definition) is 0. The van der Waals surface area contributed by atoms with Gasteiger partial charge in [0.15, 0.2) is 0 Å². The Hall–Kier alpha value is -1.88. The lowest BCUT2D eigenvalue weighted by atomic mass is 9.87. The van der Waals surface area contributed by atoms with Crippen LogP contribution in [0.5, 0.6) is 0 Å². The highest BCUT2D eigenvalue weighted by Crippen LogP contribution is 2.39. The SMILES string of the molecule is COCCC(=O)N1C[C@@H](c2ccccc2)[C@H]2[C@H]1CCCCCN2C(C)=O. The number of methoxy groups -OCH3 is 1. The molecular formula is C21H30N2O3. The molecule has 0 spiro atoms. The Morgan fingerprint density at radius 2 is 1.88 bits per heavy atom. The van der Waals surface area contributed by atoms with Crippen LogP contribution in [-0.2, 0) is 14.3 Å². The van der Waals surface area contributed by atoms with E-state index in [1.54, 1.807) is 14.0 Å². The fourth-order valence-electron chi connectivity index (χ4n) is 4.61. The van der Waals surface area contributed by atoms with Gasteiger partial charge in [-0.05, 0) is 18.4 Å². The van der Waals surface area contributed by atoms with Crippen molar-refractivity contribution in [3.8, 4) is 0 Å². The van der Waals surface area contributed by atoms with Crippen LogP contribution in [0.25, 0.3) is 0 Å². The molecule has 2 saturated heterocycles. The predicted octanol–water partition coefficient (Wildman–Crippen LogP) is 2.81. The summed E-state index contributed by atoms with van der Waals surface area (Å²) in [5.41, 5.74) is 1.22. The minimum Gasteiger partial charge on any atom is -0.384 e. The van der Waals surface area contributed by atoms with Crippen LogP contribution in [-0.4, -0.2) is 60.5 Å². The molecule has 0 aromatic heterocycles. The Kier molecular flexibility index (Phi) is 6.30. The normalized spacial score (nSPS) is 26.2. The molecule has 2 amide bonds. The van der Waals surface area contributed by atoms with Gasteiger partial charge in [0.2, 0.25) is 11.8 Å². The van der Waals surface area contributed by atoms with Gasteiger partial charge < -0.3 is 14.5 Å². The van der Waals surface area contributed by atoms with Gasteiger partial charge in [0.1, 0.15) is 0 Å². The Morgan fingerprint density at radius 1 is 1.12 bits per heavy atom. The van der Waals surface area contributed by atoms with Crippen LogP contribution in [0, 0.1) is 0 Å². The van der Waals surface area contributed by atoms with E-state index in [4.69, 9.17) is 4.74 Å². The number of nitrogens with zero attached hydrogens (tertiary/aromatic N) is 2. The van der Waals surface area contributed by atoms with Crippen molar-refractivity contribution in [2.75, 3.05) is 26.8 Å². The van der Waals surface area contributed by atoms with Crippen molar-refractivity contribution >= 4 is 11.8 Å². The van der Waals surface area contributed by atoms with Crippen LogP contribution < -0.4 is 0 Å². The Balaban J connectivity index is 1.95. The van der Waals surface area contributed by atoms with E-state index in [1.165, 1.54) is 5.56 Å². The first-order valence-electron chi connectivity index (χ1n) is 9.74. The Labute approximate surface area is 156 Å². The third kappa shape index (κ3) is 3.93. The number of carbonyl (C=O) groups is 2. The Bertz CT molecular complexity index is 619. The van der Waals surface area contributed by atoms with Crippen molar-refractivity contribution in [2.24, 2.45) is 0 Å². The lowest BCUT2D eigenvalue weighted by Gasteiger charge is -2.38. The number of hydrogen-bond acceptors (Lipinski definition) is 3. The van der Waals surface area contributed by atoms with Gasteiger partial charge in [-0.3, -0.25) is 9.59 Å². The fourth-order valence-corrected chi connectivity index (χ4v) is 4.61. The second kappa shape index (κ2) is 8.67. The molecule has 0 radical (unpaired) electrons. The molecule has 0 saturated carbocycles. The lowest BCUT2D eigenvalue weighted by molar-refractivity contribution is -0.137. The number of benzene rings is 1. The maximum absolute atomic E-state index is 12.9. The third-order valence-electron chi connectivity index (χ3n) is 5.83. The summed E-state index contributed by atoms with van der Waals surface area (Å²) in [6, 6.07) is 10.5. The van der Waals surface area contributed by atoms with Crippen molar-refractivity contribution in [1.29, 1.82) is 0 Å². The van der Waals surface area contributed by atoms with Gasteiger partial charge in [-0.1, -0.05) is 43.2 Å². The highest BCUT2D eigenvalue weighted by Gasteiger charge is 2.47. The van der Waals surface area contributed by atoms with E-state index in [-0.39, 0.29) is 29.8 Å². The Morgan fingerprint density at radius 3 is 2.58 bits per heavy atom. The van der Waals surface area contributed by atoms with Crippen LogP contribution in [0.1, 0.15) is 50.5 Å². The van der Waals surface area contributed by atoms with E-state index in [0.29, 0.717) is 19.6 Å². The average Bonchev–Trinajstić information content (AvgIpc) is 2.98. The molecule has 3 rings (SSSR count). The van der Waals surface area contributed by atoms with Crippen molar-refractivity contribution in [1.82, 2.24) is 9.80 Å². The highest BCUT2D eigenvalue weighted by molar-refractivity contribution is 5.78. The monoisotopic (exact) mass is 358 g/mol. The summed E-state index contributed by atoms with van der Waals surface area (Å²) in [6.07, 6.45) is 4.64. The summed E-state index contributed by atoms with van der Waals surface area (Å²) in [6.45, 7) is 3.58. The minimum absolute atomic E-state index is 0.0710. The van der Waals surface area contributed by atoms with Crippen molar-refractivity contribution in [3.05, 3.63) is 35.9 Å². The number of ether oxygens (including phenoxy) is 1. The second-order valence-corrected chi connectivity index (χ2v) is 7.43. The van der Waals surface area contributed by atoms with Crippen molar-refractivity contribution in [2.45, 2.75) is 57.0 Å². The molecule has 2 aliphatic rings. The van der Waals surface area contributed by atoms with E-state index < -0.39 is 0 Å². The first-order chi connectivity index (χ1) is 12.6. The molecule has 0 unspecified atom stereocenters. The molecule has 0 aliphatic carbocycles. The molecule has 3 atom stereocenters. The molecule has 1 aromatic carbocycles. The van der Waals surface area contributed by atoms with Gasteiger partial charge in [0, 0.05) is 33.0 Å². The maximum atomic E-state index is 12.9. The molecule has 2 aliphatic heterocycles. The van der Waals surface area contributed by atoms with Crippen molar-refractivity contribution in [3.63, 3.8) is 0 Å². The highest BCUT2D eigenvalue weighted by atomic mass is 16.5. The predicted molar refractivity (Wildman–Crippen MR) is 101 cm³/mol. The standard InChI is InChI=1S/C21H30N2O3/c1-16(24)22-13-8-4-7-11-19-21(22)18(17-9-5-3-6-10-17)15-23(19)20(25)12-14-26-2/h3,5-6,9-10,18-19,21H,4,7-8,11-15H2,1-2H3/t18-,19+,21-/m0/s1. The van der Waals surface area contributed by atoms with Gasteiger partial charge in [0.05, 0.1) is 25.1 Å². The van der Waals surface area contributed by atoms with Crippen molar-refractivity contribution < 1.29 is 14.3 Å². The van der Waals surface area contributed by atoms with Gasteiger partial charge >= 0.3 is 0 Å². The molecule has 0 bridgehead atoms. The fraction of sp³-hybridized carbons (Fsp3) is 0.619. The molecule has 0 N–H and O–H groups in total. The van der Waals surface area contributed by atoms with E-state index in [9.17, 15) is 9.59 Å². The molecule has 2 fully saturated rings. The number of likely N-dealkylation sites (tertiary alicyclic amines) is 2. The summed E-state index contributed by atoms with van der Waals surface area (Å²) >= 11 is 0. The van der Waals surface area contributed by atoms with Gasteiger partial charge in [0.25, 0.3) is 0 Å². The summed E-state index contributed by atoms with van der Waals surface area (Å²) in [7, 11) is 1.63. The summed E-state index contributed by atoms with van der Waals surface area (Å²) in [5.74, 6) is 0.438. The van der Waals surface area contributed by atoms with E-state index >= 15 is 0 Å². The number of rotatable bonds is 4. The minimum atomic E-state index is 0.0710. The quantitative estimate of drug-likeness (QED) is 0.832. The number of fused-ring (bicyclic) bond motifs is 1. The zero-order chi connectivity index (χ0) is 18.5. The van der Waals surface area contributed by atoms with E-state index in [1.807, 2.05) is 28.0 Å². The largest absolute Gasteiger partial charge is 0.384 e. The van der Waals surface area contributed by atoms with Crippen LogP contribution in [0.2, 0.25) is 0 Å². The van der Waals surface area contributed by atoms with Crippen LogP contribution in [0.15, 0.2) is 30.3 Å². The molecule has 1 aromatic rings. The third-order valence-corrected chi connectivity index (χ3v) is 5.83. The second-order valence-electron chi connectivity index (χ2n) is 7.43. The van der Waals surface area contributed by atoms with Crippen LogP contribution in [0.3, 0.4) is 0 Å². The van der Waals surface area contributed by atoms with E-state index in [2.05, 4.69) is 12.1 Å². The summed E-state index contributed by atoms with van der Waals surface area (Å²) < 4.78 is 5.11. The maximum Gasteiger partial charge on any atom is 0.225 e. The number of carbonyl (C=O) groups excluding carboxylic acids is 2. The zero-order valence-electron chi connectivity index (χ0n) is 15.9. The first-order valence-corrected chi connectivity index (χ1v) is 9.74. The molecular weight excluding hydrogens is 328 g/mol. The van der Waals surface area contributed by atoms with E-state index in [0.717, 1.165) is 32.2 Å². The van der Waals surface area contributed by atoms with Crippen LogP contribution >= 0.6 is 0 Å². The molecule has 5 nitrogen and oxygen atoms in total. The lowest BCUT2D eigenvalue weighted by Crippen LogP contribution is -2.51. The summed E-state index contributed by atoms with van der Waals surface area (Å²) in [4.78, 5) is 29.4. The molecule has 26 heavy (non-hydrogen) atoms. The first kappa shape index (κ1) is 18.9. The average molecular weight is 358 g/mol. The molecule has 2 heterocycles. The molecule has 5 heteroatoms. The van der Waals surface area contributed by atoms with Gasteiger partial charge in [-0.25, -0.2) is 0 Å². The number of amides is 2. The van der Waals surface area contributed by atoms with Gasteiger partial charge in [-0.2, -0.15) is 0 Å². The zero-order valence-corrected chi connectivity index (χ0v) is 15.9. The van der Waals surface area contributed by atoms with Crippen LogP contribution in [0.4, 0.5) is 0 Å².